The highest BCUT2D eigenvalue weighted by Gasteiger charge is 2.34. The Labute approximate surface area is 96.1 Å². The Bertz CT molecular complexity index is 483. The summed E-state index contributed by atoms with van der Waals surface area (Å²) < 4.78 is 7.00. The van der Waals surface area contributed by atoms with Crippen molar-refractivity contribution in [2.45, 2.75) is 24.9 Å². The normalized spacial score (nSPS) is 29.5. The third-order valence-electron chi connectivity index (χ3n) is 2.55. The van der Waals surface area contributed by atoms with Crippen molar-refractivity contribution in [1.82, 2.24) is 9.55 Å². The Balaban J connectivity index is 2.27. The molecule has 0 saturated carbocycles. The van der Waals surface area contributed by atoms with Gasteiger partial charge in [-0.3, -0.25) is 9.55 Å². The smallest absolute Gasteiger partial charge is 0.328 e. The second kappa shape index (κ2) is 4.46. The lowest BCUT2D eigenvalue weighted by Gasteiger charge is -2.13. The van der Waals surface area contributed by atoms with Crippen molar-refractivity contribution in [2.24, 2.45) is 0 Å². The van der Waals surface area contributed by atoms with Crippen LogP contribution in [0.2, 0.25) is 0 Å². The zero-order valence-electron chi connectivity index (χ0n) is 8.37. The fourth-order valence-corrected chi connectivity index (χ4v) is 1.85. The number of aliphatic hydroxyl groups excluding tert-OH is 2. The quantitative estimate of drug-likeness (QED) is 0.613. The van der Waals surface area contributed by atoms with Gasteiger partial charge in [-0.1, -0.05) is 12.2 Å². The first-order valence-corrected chi connectivity index (χ1v) is 5.28. The van der Waals surface area contributed by atoms with Crippen molar-refractivity contribution in [2.75, 3.05) is 6.61 Å². The van der Waals surface area contributed by atoms with Crippen molar-refractivity contribution < 1.29 is 14.9 Å². The second-order valence-electron chi connectivity index (χ2n) is 3.63. The molecule has 1 aliphatic rings. The van der Waals surface area contributed by atoms with E-state index in [9.17, 15) is 9.90 Å². The molecule has 3 N–H and O–H groups in total. The van der Waals surface area contributed by atoms with Gasteiger partial charge in [-0.15, -0.1) is 0 Å². The lowest BCUT2D eigenvalue weighted by Crippen LogP contribution is -2.27. The largest absolute Gasteiger partial charge is 0.394 e. The van der Waals surface area contributed by atoms with Crippen LogP contribution in [0.3, 0.4) is 0 Å². The van der Waals surface area contributed by atoms with Gasteiger partial charge in [0.25, 0.3) is 0 Å². The number of rotatable bonds is 2. The van der Waals surface area contributed by atoms with Crippen LogP contribution in [0.5, 0.6) is 0 Å². The van der Waals surface area contributed by atoms with Gasteiger partial charge in [-0.2, -0.15) is 0 Å². The summed E-state index contributed by atoms with van der Waals surface area (Å²) in [7, 11) is 0. The third kappa shape index (κ3) is 2.07. The molecule has 88 valence electrons. The standard InChI is InChI=1S/C9H12N2O4S/c12-4-6-5(13)3-8(15-6)11-2-1-7(16)10-9(11)14/h1-2,5-6,8,12-13H,3-4H2,(H,10,14,16). The molecule has 2 heterocycles. The Morgan fingerprint density at radius 1 is 1.69 bits per heavy atom. The van der Waals surface area contributed by atoms with E-state index in [2.05, 4.69) is 4.98 Å². The molecule has 6 nitrogen and oxygen atoms in total. The molecular weight excluding hydrogens is 232 g/mol. The molecule has 0 aliphatic carbocycles. The van der Waals surface area contributed by atoms with Gasteiger partial charge in [-0.25, -0.2) is 4.79 Å². The topological polar surface area (TPSA) is 87.5 Å². The Morgan fingerprint density at radius 2 is 2.44 bits per heavy atom. The molecule has 0 spiro atoms. The van der Waals surface area contributed by atoms with Crippen molar-refractivity contribution >= 4 is 12.2 Å². The van der Waals surface area contributed by atoms with Gasteiger partial charge >= 0.3 is 5.69 Å². The molecule has 0 aromatic carbocycles. The highest BCUT2D eigenvalue weighted by atomic mass is 32.1. The predicted octanol–water partition coefficient (Wildman–Crippen LogP) is -0.453. The average molecular weight is 244 g/mol. The molecule has 0 bridgehead atoms. The Kier molecular flexibility index (Phi) is 3.20. The lowest BCUT2D eigenvalue weighted by atomic mass is 10.2. The molecule has 3 atom stereocenters. The van der Waals surface area contributed by atoms with Crippen LogP contribution < -0.4 is 5.69 Å². The third-order valence-corrected chi connectivity index (χ3v) is 2.78. The monoisotopic (exact) mass is 244 g/mol. The van der Waals surface area contributed by atoms with Gasteiger partial charge in [0.2, 0.25) is 0 Å². The molecular formula is C9H12N2O4S. The summed E-state index contributed by atoms with van der Waals surface area (Å²) in [5.74, 6) is 0. The average Bonchev–Trinajstić information content (AvgIpc) is 2.59. The molecule has 1 aliphatic heterocycles. The van der Waals surface area contributed by atoms with E-state index < -0.39 is 18.4 Å². The van der Waals surface area contributed by atoms with E-state index in [-0.39, 0.29) is 18.7 Å². The van der Waals surface area contributed by atoms with E-state index in [4.69, 9.17) is 22.1 Å². The number of H-pyrrole nitrogens is 1. The van der Waals surface area contributed by atoms with Crippen LogP contribution in [0, 0.1) is 4.64 Å². The maximum absolute atomic E-state index is 11.5. The van der Waals surface area contributed by atoms with Crippen molar-refractivity contribution in [3.63, 3.8) is 0 Å². The van der Waals surface area contributed by atoms with Gasteiger partial charge < -0.3 is 14.9 Å². The predicted molar refractivity (Wildman–Crippen MR) is 57.5 cm³/mol. The van der Waals surface area contributed by atoms with Crippen molar-refractivity contribution in [1.29, 1.82) is 0 Å². The number of aliphatic hydroxyl groups is 2. The van der Waals surface area contributed by atoms with E-state index in [1.165, 1.54) is 10.8 Å². The molecule has 1 aromatic rings. The van der Waals surface area contributed by atoms with Gasteiger partial charge in [0.15, 0.2) is 0 Å². The number of ether oxygens (including phenoxy) is 1. The summed E-state index contributed by atoms with van der Waals surface area (Å²) in [5.41, 5.74) is -0.386. The molecule has 2 rings (SSSR count). The summed E-state index contributed by atoms with van der Waals surface area (Å²) >= 11 is 4.80. The minimum atomic E-state index is -0.759. The van der Waals surface area contributed by atoms with Crippen molar-refractivity contribution in [3.8, 4) is 0 Å². The minimum absolute atomic E-state index is 0.269. The van der Waals surface area contributed by atoms with E-state index in [0.29, 0.717) is 4.64 Å². The van der Waals surface area contributed by atoms with E-state index in [0.717, 1.165) is 0 Å². The summed E-state index contributed by atoms with van der Waals surface area (Å²) in [4.78, 5) is 14.0. The van der Waals surface area contributed by atoms with Gasteiger partial charge in [0.05, 0.1) is 12.7 Å². The van der Waals surface area contributed by atoms with E-state index in [1.807, 2.05) is 0 Å². The van der Waals surface area contributed by atoms with Crippen LogP contribution in [0.4, 0.5) is 0 Å². The molecule has 7 heteroatoms. The number of nitrogens with one attached hydrogen (secondary N) is 1. The van der Waals surface area contributed by atoms with Crippen LogP contribution in [0.15, 0.2) is 17.1 Å². The lowest BCUT2D eigenvalue weighted by molar-refractivity contribution is -0.0459. The molecule has 1 fully saturated rings. The first kappa shape index (κ1) is 11.5. The fourth-order valence-electron chi connectivity index (χ4n) is 1.70. The minimum Gasteiger partial charge on any atom is -0.394 e. The molecule has 1 aromatic heterocycles. The first-order valence-electron chi connectivity index (χ1n) is 4.87. The molecule has 1 saturated heterocycles. The number of aromatic nitrogens is 2. The first-order chi connectivity index (χ1) is 7.61. The zero-order chi connectivity index (χ0) is 11.7. The van der Waals surface area contributed by atoms with E-state index in [1.54, 1.807) is 6.07 Å². The number of hydrogen-bond acceptors (Lipinski definition) is 5. The summed E-state index contributed by atoms with van der Waals surface area (Å²) in [6.45, 7) is -0.269. The van der Waals surface area contributed by atoms with E-state index >= 15 is 0 Å². The van der Waals surface area contributed by atoms with Gasteiger partial charge in [0.1, 0.15) is 17.0 Å². The number of hydrogen-bond donors (Lipinski definition) is 3. The number of nitrogens with zero attached hydrogens (tertiary/aromatic N) is 1. The molecule has 0 amide bonds. The molecule has 3 unspecified atom stereocenters. The van der Waals surface area contributed by atoms with Crippen LogP contribution in [-0.2, 0) is 4.74 Å². The SMILES string of the molecule is O=c1[nH]c(=S)ccn1C1CC(O)C(CO)O1. The second-order valence-corrected chi connectivity index (χ2v) is 4.07. The maximum Gasteiger partial charge on any atom is 0.328 e. The summed E-state index contributed by atoms with van der Waals surface area (Å²) in [6.07, 6.45) is -0.176. The van der Waals surface area contributed by atoms with Crippen LogP contribution in [0.25, 0.3) is 0 Å². The van der Waals surface area contributed by atoms with Crippen LogP contribution in [0.1, 0.15) is 12.6 Å². The van der Waals surface area contributed by atoms with Crippen LogP contribution in [-0.4, -0.2) is 38.6 Å². The molecule has 0 radical (unpaired) electrons. The van der Waals surface area contributed by atoms with Crippen LogP contribution >= 0.6 is 12.2 Å². The van der Waals surface area contributed by atoms with Gasteiger partial charge in [0, 0.05) is 12.6 Å². The summed E-state index contributed by atoms with van der Waals surface area (Å²) in [6, 6.07) is 1.57. The molecule has 16 heavy (non-hydrogen) atoms. The highest BCUT2D eigenvalue weighted by Crippen LogP contribution is 2.26. The van der Waals surface area contributed by atoms with Gasteiger partial charge in [-0.05, 0) is 6.07 Å². The maximum atomic E-state index is 11.5. The zero-order valence-corrected chi connectivity index (χ0v) is 9.18. The fraction of sp³-hybridized carbons (Fsp3) is 0.556. The van der Waals surface area contributed by atoms with Crippen molar-refractivity contribution in [3.05, 3.63) is 27.4 Å². The number of aromatic amines is 1. The highest BCUT2D eigenvalue weighted by molar-refractivity contribution is 7.71. The Morgan fingerprint density at radius 3 is 3.00 bits per heavy atom. The summed E-state index contributed by atoms with van der Waals surface area (Å²) in [5, 5.41) is 18.5. The Hall–Kier alpha value is -1.02.